The minimum atomic E-state index is -4.48. The fourth-order valence-electron chi connectivity index (χ4n) is 5.25. The van der Waals surface area contributed by atoms with E-state index in [9.17, 15) is 22.8 Å². The van der Waals surface area contributed by atoms with E-state index in [4.69, 9.17) is 9.47 Å². The maximum atomic E-state index is 13.1. The number of allylic oxidation sites excluding steroid dienone is 1. The molecule has 0 spiro atoms. The largest absolute Gasteiger partial charge is 0.493 e. The molecule has 3 aliphatic heterocycles. The number of hydrogen-bond donors (Lipinski definition) is 2. The number of carbonyl (C=O) groups is 2. The first-order valence-electron chi connectivity index (χ1n) is 12.3. The minimum absolute atomic E-state index is 0.0662. The second-order valence-corrected chi connectivity index (χ2v) is 9.47. The lowest BCUT2D eigenvalue weighted by Gasteiger charge is -2.34. The van der Waals surface area contributed by atoms with Crippen LogP contribution >= 0.6 is 0 Å². The van der Waals surface area contributed by atoms with Crippen LogP contribution in [0.2, 0.25) is 0 Å². The number of amides is 2. The van der Waals surface area contributed by atoms with E-state index < -0.39 is 17.6 Å². The maximum Gasteiger partial charge on any atom is 0.416 e. The minimum Gasteiger partial charge on any atom is -0.493 e. The monoisotopic (exact) mass is 515 g/mol. The lowest BCUT2D eigenvalue weighted by Crippen LogP contribution is -2.50. The van der Waals surface area contributed by atoms with E-state index in [-0.39, 0.29) is 30.5 Å². The normalized spacial score (nSPS) is 23.0. The number of halogens is 3. The number of fused-ring (bicyclic) bond motifs is 2. The number of likely N-dealkylation sites (tertiary alicyclic amines) is 1. The molecule has 1 fully saturated rings. The molecule has 2 aromatic carbocycles. The van der Waals surface area contributed by atoms with Crippen LogP contribution in [0.1, 0.15) is 42.4 Å². The number of nitrogens with one attached hydrogen (secondary N) is 2. The molecule has 2 atom stereocenters. The zero-order valence-corrected chi connectivity index (χ0v) is 20.4. The number of hydrogen-bond acceptors (Lipinski definition) is 5. The maximum absolute atomic E-state index is 13.1. The third-order valence-electron chi connectivity index (χ3n) is 7.07. The molecular weight excluding hydrogens is 487 g/mol. The van der Waals surface area contributed by atoms with Crippen molar-refractivity contribution < 1.29 is 32.2 Å². The first kappa shape index (κ1) is 25.3. The summed E-state index contributed by atoms with van der Waals surface area (Å²) in [4.78, 5) is 27.8. The van der Waals surface area contributed by atoms with Gasteiger partial charge in [-0.15, -0.1) is 0 Å². The first-order valence-corrected chi connectivity index (χ1v) is 12.3. The Labute approximate surface area is 212 Å². The van der Waals surface area contributed by atoms with Crippen molar-refractivity contribution >= 4 is 28.8 Å². The Morgan fingerprint density at radius 1 is 1.22 bits per heavy atom. The molecule has 0 bridgehead atoms. The van der Waals surface area contributed by atoms with Crippen molar-refractivity contribution in [3.8, 4) is 5.75 Å². The van der Waals surface area contributed by atoms with E-state index in [1.807, 2.05) is 6.07 Å². The number of ether oxygens (including phenoxy) is 2. The van der Waals surface area contributed by atoms with Crippen molar-refractivity contribution in [3.05, 3.63) is 59.2 Å². The van der Waals surface area contributed by atoms with Crippen LogP contribution in [-0.2, 0) is 26.9 Å². The van der Waals surface area contributed by atoms with Gasteiger partial charge < -0.3 is 20.1 Å². The van der Waals surface area contributed by atoms with Gasteiger partial charge in [0.15, 0.2) is 0 Å². The smallest absolute Gasteiger partial charge is 0.416 e. The molecule has 5 rings (SSSR count). The number of benzene rings is 2. The lowest BCUT2D eigenvalue weighted by atomic mass is 9.97. The summed E-state index contributed by atoms with van der Waals surface area (Å²) in [6.45, 7) is 1.07. The van der Waals surface area contributed by atoms with Crippen LogP contribution in [0.15, 0.2) is 42.5 Å². The molecule has 3 heterocycles. The molecule has 7 nitrogen and oxygen atoms in total. The fraction of sp³-hybridized carbons (Fsp3) is 0.407. The van der Waals surface area contributed by atoms with Crippen LogP contribution in [0.25, 0.3) is 5.57 Å². The Hall–Kier alpha value is -3.37. The van der Waals surface area contributed by atoms with Gasteiger partial charge in [-0.25, -0.2) is 0 Å². The number of carbonyl (C=O) groups excluding carboxylic acids is 2. The summed E-state index contributed by atoms with van der Waals surface area (Å²) in [6.07, 6.45) is 0.345. The van der Waals surface area contributed by atoms with Gasteiger partial charge in [-0.2, -0.15) is 13.2 Å². The summed E-state index contributed by atoms with van der Waals surface area (Å²) in [5.74, 6) is -0.399. The van der Waals surface area contributed by atoms with Gasteiger partial charge in [-0.1, -0.05) is 12.1 Å². The summed E-state index contributed by atoms with van der Waals surface area (Å²) in [6, 6.07) is 8.40. The molecule has 1 saturated heterocycles. The quantitative estimate of drug-likeness (QED) is 0.571. The zero-order valence-electron chi connectivity index (χ0n) is 20.4. The third kappa shape index (κ3) is 5.35. The zero-order chi connectivity index (χ0) is 26.2. The van der Waals surface area contributed by atoms with Gasteiger partial charge in [0, 0.05) is 36.7 Å². The third-order valence-corrected chi connectivity index (χ3v) is 7.07. The summed E-state index contributed by atoms with van der Waals surface area (Å²) >= 11 is 0. The highest BCUT2D eigenvalue weighted by atomic mass is 19.4. The van der Waals surface area contributed by atoms with E-state index in [0.29, 0.717) is 41.8 Å². The summed E-state index contributed by atoms with van der Waals surface area (Å²) in [7, 11) is 1.66. The van der Waals surface area contributed by atoms with E-state index >= 15 is 0 Å². The van der Waals surface area contributed by atoms with Crippen LogP contribution in [-0.4, -0.2) is 49.2 Å². The van der Waals surface area contributed by atoms with Crippen molar-refractivity contribution in [1.29, 1.82) is 0 Å². The molecular formula is C27H28F3N3O4. The van der Waals surface area contributed by atoms with Crippen LogP contribution < -0.4 is 15.4 Å². The van der Waals surface area contributed by atoms with Crippen molar-refractivity contribution in [2.24, 2.45) is 0 Å². The van der Waals surface area contributed by atoms with Gasteiger partial charge in [0.05, 0.1) is 18.2 Å². The molecule has 1 unspecified atom stereocenters. The SMILES string of the molecule is CO[C@H]1CCCN1C1Cc2ccc(NC(=O)/C=C3\CCCOc4cc(C(F)(F)F)ccc43)cc2NC1=O. The molecule has 2 N–H and O–H groups in total. The highest BCUT2D eigenvalue weighted by Gasteiger charge is 2.38. The topological polar surface area (TPSA) is 79.9 Å². The van der Waals surface area contributed by atoms with Crippen molar-refractivity contribution in [3.63, 3.8) is 0 Å². The number of rotatable bonds is 4. The molecule has 0 aliphatic carbocycles. The second-order valence-electron chi connectivity index (χ2n) is 9.47. The van der Waals surface area contributed by atoms with Crippen LogP contribution in [0.5, 0.6) is 5.75 Å². The van der Waals surface area contributed by atoms with Crippen LogP contribution in [0.3, 0.4) is 0 Å². The average Bonchev–Trinajstić information content (AvgIpc) is 3.24. The van der Waals surface area contributed by atoms with Gasteiger partial charge in [0.1, 0.15) is 12.0 Å². The molecule has 0 aromatic heterocycles. The molecule has 3 aliphatic rings. The van der Waals surface area contributed by atoms with Gasteiger partial charge in [0.2, 0.25) is 11.8 Å². The Kier molecular flexibility index (Phi) is 6.96. The molecule has 0 radical (unpaired) electrons. The summed E-state index contributed by atoms with van der Waals surface area (Å²) in [5.41, 5.74) is 2.41. The van der Waals surface area contributed by atoms with Gasteiger partial charge in [-0.3, -0.25) is 14.5 Å². The predicted octanol–water partition coefficient (Wildman–Crippen LogP) is 4.83. The van der Waals surface area contributed by atoms with Crippen LogP contribution in [0.4, 0.5) is 24.5 Å². The van der Waals surface area contributed by atoms with Gasteiger partial charge in [-0.05, 0) is 67.5 Å². The van der Waals surface area contributed by atoms with Crippen molar-refractivity contribution in [1.82, 2.24) is 4.90 Å². The Morgan fingerprint density at radius 2 is 2.05 bits per heavy atom. The molecule has 10 heteroatoms. The molecule has 196 valence electrons. The Morgan fingerprint density at radius 3 is 2.84 bits per heavy atom. The van der Waals surface area contributed by atoms with Gasteiger partial charge >= 0.3 is 6.18 Å². The Balaban J connectivity index is 1.31. The first-order chi connectivity index (χ1) is 17.7. The second kappa shape index (κ2) is 10.2. The highest BCUT2D eigenvalue weighted by Crippen LogP contribution is 2.38. The summed E-state index contributed by atoms with van der Waals surface area (Å²) < 4.78 is 50.4. The molecule has 2 amide bonds. The number of methoxy groups -OCH3 is 1. The summed E-state index contributed by atoms with van der Waals surface area (Å²) in [5, 5.41) is 5.76. The number of alkyl halides is 3. The van der Waals surface area contributed by atoms with E-state index in [2.05, 4.69) is 15.5 Å². The van der Waals surface area contributed by atoms with Crippen LogP contribution in [0, 0.1) is 0 Å². The van der Waals surface area contributed by atoms with Crippen molar-refractivity contribution in [2.45, 2.75) is 50.6 Å². The van der Waals surface area contributed by atoms with Crippen molar-refractivity contribution in [2.75, 3.05) is 30.9 Å². The number of nitrogens with zero attached hydrogens (tertiary/aromatic N) is 1. The Bertz CT molecular complexity index is 1240. The molecule has 0 saturated carbocycles. The fourth-order valence-corrected chi connectivity index (χ4v) is 5.25. The highest BCUT2D eigenvalue weighted by molar-refractivity contribution is 6.05. The molecule has 37 heavy (non-hydrogen) atoms. The van der Waals surface area contributed by atoms with Gasteiger partial charge in [0.25, 0.3) is 0 Å². The predicted molar refractivity (Wildman–Crippen MR) is 132 cm³/mol. The molecule has 2 aromatic rings. The van der Waals surface area contributed by atoms with E-state index in [1.54, 1.807) is 19.2 Å². The standard InChI is InChI=1S/C27H28F3N3O4/c1-36-25-5-2-10-33(25)22-12-17-6-8-19(15-21(17)32-26(22)35)31-24(34)13-16-4-3-11-37-23-14-18(27(28,29)30)7-9-20(16)23/h6-9,13-15,22,25H,2-5,10-12H2,1H3,(H,31,34)(H,32,35)/b16-13+/t22?,25-/m0/s1. The van der Waals surface area contributed by atoms with E-state index in [1.165, 1.54) is 12.1 Å². The number of anilines is 2. The average molecular weight is 516 g/mol. The van der Waals surface area contributed by atoms with E-state index in [0.717, 1.165) is 37.1 Å². The lowest BCUT2D eigenvalue weighted by molar-refractivity contribution is -0.137.